The predicted molar refractivity (Wildman–Crippen MR) is 90.1 cm³/mol. The van der Waals surface area contributed by atoms with E-state index in [2.05, 4.69) is 54.4 Å². The van der Waals surface area contributed by atoms with Gasteiger partial charge in [-0.3, -0.25) is 4.98 Å². The van der Waals surface area contributed by atoms with Gasteiger partial charge in [0.15, 0.2) is 0 Å². The molecule has 0 spiro atoms. The van der Waals surface area contributed by atoms with Crippen LogP contribution in [0.2, 0.25) is 0 Å². The van der Waals surface area contributed by atoms with Gasteiger partial charge in [0.2, 0.25) is 0 Å². The summed E-state index contributed by atoms with van der Waals surface area (Å²) in [6, 6.07) is 5.88. The Morgan fingerprint density at radius 1 is 1.10 bits per heavy atom. The van der Waals surface area contributed by atoms with Crippen LogP contribution >= 0.6 is 31.9 Å². The van der Waals surface area contributed by atoms with Gasteiger partial charge in [-0.25, -0.2) is 0 Å². The molecule has 0 fully saturated rings. The van der Waals surface area contributed by atoms with Crippen molar-refractivity contribution in [2.75, 3.05) is 24.3 Å². The number of benzene rings is 1. The Morgan fingerprint density at radius 3 is 2.55 bits per heavy atom. The Hall–Kier alpha value is -1.27. The van der Waals surface area contributed by atoms with Crippen LogP contribution in [0.25, 0.3) is 0 Å². The molecule has 0 atom stereocenters. The van der Waals surface area contributed by atoms with E-state index < -0.39 is 0 Å². The fourth-order valence-corrected chi connectivity index (χ4v) is 3.00. The average Bonchev–Trinajstić information content (AvgIpc) is 2.43. The number of anilines is 3. The summed E-state index contributed by atoms with van der Waals surface area (Å²) in [5.41, 5.74) is 2.81. The van der Waals surface area contributed by atoms with Crippen LogP contribution in [0.4, 0.5) is 17.1 Å². The van der Waals surface area contributed by atoms with Gasteiger partial charge in [-0.2, -0.15) is 0 Å². The lowest BCUT2D eigenvalue weighted by Gasteiger charge is -2.12. The number of halogens is 2. The standard InChI is InChI=1S/C14H15Br2N3O/c1-3-18-9-4-10(8-17-7-9)19-13-6-14(20-2)12(16)5-11(13)15/h4-8,18-19H,3H2,1-2H3. The number of methoxy groups -OCH3 is 1. The molecule has 6 heteroatoms. The van der Waals surface area contributed by atoms with Crippen LogP contribution in [0.3, 0.4) is 0 Å². The topological polar surface area (TPSA) is 46.2 Å². The maximum absolute atomic E-state index is 5.30. The van der Waals surface area contributed by atoms with Gasteiger partial charge < -0.3 is 15.4 Å². The molecule has 1 aromatic heterocycles. The summed E-state index contributed by atoms with van der Waals surface area (Å²) in [7, 11) is 1.64. The lowest BCUT2D eigenvalue weighted by Crippen LogP contribution is -1.99. The zero-order chi connectivity index (χ0) is 14.5. The highest BCUT2D eigenvalue weighted by Crippen LogP contribution is 2.36. The van der Waals surface area contributed by atoms with E-state index in [9.17, 15) is 0 Å². The van der Waals surface area contributed by atoms with Crippen LogP contribution in [-0.2, 0) is 0 Å². The molecule has 4 nitrogen and oxygen atoms in total. The van der Waals surface area contributed by atoms with Gasteiger partial charge in [-0.15, -0.1) is 0 Å². The molecule has 20 heavy (non-hydrogen) atoms. The number of ether oxygens (including phenoxy) is 1. The fraction of sp³-hybridized carbons (Fsp3) is 0.214. The molecule has 2 N–H and O–H groups in total. The maximum atomic E-state index is 5.30. The van der Waals surface area contributed by atoms with E-state index >= 15 is 0 Å². The molecule has 2 aromatic rings. The number of aromatic nitrogens is 1. The third kappa shape index (κ3) is 3.64. The Bertz CT molecular complexity index is 605. The minimum absolute atomic E-state index is 0.770. The van der Waals surface area contributed by atoms with Gasteiger partial charge >= 0.3 is 0 Å². The van der Waals surface area contributed by atoms with Gasteiger partial charge in [0.25, 0.3) is 0 Å². The van der Waals surface area contributed by atoms with Gasteiger partial charge in [-0.1, -0.05) is 0 Å². The summed E-state index contributed by atoms with van der Waals surface area (Å²) >= 11 is 6.99. The summed E-state index contributed by atoms with van der Waals surface area (Å²) < 4.78 is 7.15. The van der Waals surface area contributed by atoms with Crippen LogP contribution < -0.4 is 15.4 Å². The van der Waals surface area contributed by atoms with Crippen molar-refractivity contribution in [3.05, 3.63) is 39.5 Å². The largest absolute Gasteiger partial charge is 0.495 e. The number of rotatable bonds is 5. The SMILES string of the molecule is CCNc1cncc(Nc2cc(OC)c(Br)cc2Br)c1. The Labute approximate surface area is 135 Å². The normalized spacial score (nSPS) is 10.2. The minimum Gasteiger partial charge on any atom is -0.495 e. The first-order valence-corrected chi connectivity index (χ1v) is 7.71. The Kier molecular flexibility index (Phi) is 5.25. The summed E-state index contributed by atoms with van der Waals surface area (Å²) in [6.07, 6.45) is 3.58. The average molecular weight is 401 g/mol. The molecule has 0 aliphatic carbocycles. The molecule has 0 saturated carbocycles. The molecule has 0 radical (unpaired) electrons. The molecule has 0 amide bonds. The van der Waals surface area contributed by atoms with Gasteiger partial charge in [0.1, 0.15) is 5.75 Å². The van der Waals surface area contributed by atoms with Crippen molar-refractivity contribution in [1.29, 1.82) is 0 Å². The van der Waals surface area contributed by atoms with E-state index in [1.165, 1.54) is 0 Å². The highest BCUT2D eigenvalue weighted by atomic mass is 79.9. The smallest absolute Gasteiger partial charge is 0.135 e. The monoisotopic (exact) mass is 399 g/mol. The molecule has 0 saturated heterocycles. The molecule has 1 heterocycles. The van der Waals surface area contributed by atoms with Crippen LogP contribution in [0.1, 0.15) is 6.92 Å². The zero-order valence-electron chi connectivity index (χ0n) is 11.2. The van der Waals surface area contributed by atoms with E-state index in [0.717, 1.165) is 38.3 Å². The second-order valence-electron chi connectivity index (χ2n) is 4.08. The number of pyridine rings is 1. The lowest BCUT2D eigenvalue weighted by molar-refractivity contribution is 0.412. The van der Waals surface area contributed by atoms with Crippen LogP contribution in [0, 0.1) is 0 Å². The van der Waals surface area contributed by atoms with Crippen LogP contribution in [0.15, 0.2) is 39.5 Å². The molecule has 0 aliphatic heterocycles. The lowest BCUT2D eigenvalue weighted by atomic mass is 10.2. The Morgan fingerprint density at radius 2 is 1.85 bits per heavy atom. The van der Waals surface area contributed by atoms with Crippen molar-refractivity contribution < 1.29 is 4.74 Å². The van der Waals surface area contributed by atoms with Crippen molar-refractivity contribution in [2.45, 2.75) is 6.92 Å². The summed E-state index contributed by atoms with van der Waals surface area (Å²) in [5.74, 6) is 0.770. The van der Waals surface area contributed by atoms with E-state index in [1.807, 2.05) is 18.2 Å². The second kappa shape index (κ2) is 6.95. The molecule has 1 aromatic carbocycles. The molecule has 0 unspecified atom stereocenters. The van der Waals surface area contributed by atoms with Gasteiger partial charge in [0, 0.05) is 17.1 Å². The minimum atomic E-state index is 0.770. The molecule has 0 bridgehead atoms. The Balaban J connectivity index is 2.27. The third-order valence-electron chi connectivity index (χ3n) is 2.64. The molecule has 2 rings (SSSR count). The van der Waals surface area contributed by atoms with E-state index in [-0.39, 0.29) is 0 Å². The van der Waals surface area contributed by atoms with Gasteiger partial charge in [-0.05, 0) is 50.9 Å². The van der Waals surface area contributed by atoms with E-state index in [0.29, 0.717) is 0 Å². The summed E-state index contributed by atoms with van der Waals surface area (Å²) in [6.45, 7) is 2.91. The van der Waals surface area contributed by atoms with Gasteiger partial charge in [0.05, 0.1) is 41.0 Å². The van der Waals surface area contributed by atoms with Crippen LogP contribution in [-0.4, -0.2) is 18.6 Å². The first kappa shape index (κ1) is 15.1. The van der Waals surface area contributed by atoms with Crippen molar-refractivity contribution in [3.8, 4) is 5.75 Å². The highest BCUT2D eigenvalue weighted by Gasteiger charge is 2.08. The third-order valence-corrected chi connectivity index (χ3v) is 3.92. The van der Waals surface area contributed by atoms with E-state index in [1.54, 1.807) is 19.5 Å². The van der Waals surface area contributed by atoms with E-state index in [4.69, 9.17) is 4.74 Å². The molecular weight excluding hydrogens is 386 g/mol. The van der Waals surface area contributed by atoms with Crippen molar-refractivity contribution >= 4 is 48.9 Å². The van der Waals surface area contributed by atoms with Crippen molar-refractivity contribution in [3.63, 3.8) is 0 Å². The number of hydrogen-bond donors (Lipinski definition) is 2. The zero-order valence-corrected chi connectivity index (χ0v) is 14.4. The van der Waals surface area contributed by atoms with Crippen molar-refractivity contribution in [1.82, 2.24) is 4.98 Å². The molecular formula is C14H15Br2N3O. The number of nitrogens with one attached hydrogen (secondary N) is 2. The fourth-order valence-electron chi connectivity index (χ4n) is 1.75. The second-order valence-corrected chi connectivity index (χ2v) is 5.79. The molecule has 106 valence electrons. The number of nitrogens with zero attached hydrogens (tertiary/aromatic N) is 1. The van der Waals surface area contributed by atoms with Crippen molar-refractivity contribution in [2.24, 2.45) is 0 Å². The maximum Gasteiger partial charge on any atom is 0.135 e. The summed E-state index contributed by atoms with van der Waals surface area (Å²) in [5, 5.41) is 6.56. The first-order valence-electron chi connectivity index (χ1n) is 6.13. The van der Waals surface area contributed by atoms with Crippen LogP contribution in [0.5, 0.6) is 5.75 Å². The highest BCUT2D eigenvalue weighted by molar-refractivity contribution is 9.11. The summed E-state index contributed by atoms with van der Waals surface area (Å²) in [4.78, 5) is 4.21. The predicted octanol–water partition coefficient (Wildman–Crippen LogP) is 4.79. The number of hydrogen-bond acceptors (Lipinski definition) is 4. The quantitative estimate of drug-likeness (QED) is 0.757. The molecule has 0 aliphatic rings. The first-order chi connectivity index (χ1) is 9.63.